The first-order valence-electron chi connectivity index (χ1n) is 4.97. The van der Waals surface area contributed by atoms with Gasteiger partial charge in [0.1, 0.15) is 5.82 Å². The molecule has 0 unspecified atom stereocenters. The van der Waals surface area contributed by atoms with Gasteiger partial charge in [0.25, 0.3) is 0 Å². The summed E-state index contributed by atoms with van der Waals surface area (Å²) >= 11 is 3.21. The molecule has 0 heterocycles. The zero-order valence-corrected chi connectivity index (χ0v) is 10.8. The lowest BCUT2D eigenvalue weighted by Crippen LogP contribution is -2.34. The monoisotopic (exact) mass is 288 g/mol. The van der Waals surface area contributed by atoms with Gasteiger partial charge in [-0.3, -0.25) is 4.79 Å². The Morgan fingerprint density at radius 1 is 1.50 bits per heavy atom. The van der Waals surface area contributed by atoms with E-state index in [9.17, 15) is 9.18 Å². The van der Waals surface area contributed by atoms with Gasteiger partial charge in [-0.2, -0.15) is 0 Å². The van der Waals surface area contributed by atoms with Crippen LogP contribution in [0, 0.1) is 5.82 Å². The number of nitrogens with one attached hydrogen (secondary N) is 2. The van der Waals surface area contributed by atoms with Gasteiger partial charge in [0.15, 0.2) is 0 Å². The van der Waals surface area contributed by atoms with Crippen molar-refractivity contribution in [3.05, 3.63) is 28.5 Å². The van der Waals surface area contributed by atoms with Crippen molar-refractivity contribution >= 4 is 27.5 Å². The molecule has 0 aliphatic heterocycles. The quantitative estimate of drug-likeness (QED) is 0.894. The van der Waals surface area contributed by atoms with Crippen LogP contribution >= 0.6 is 15.9 Å². The van der Waals surface area contributed by atoms with Crippen LogP contribution in [0.2, 0.25) is 0 Å². The number of carbonyl (C=O) groups is 1. The Morgan fingerprint density at radius 3 is 2.75 bits per heavy atom. The molecule has 88 valence electrons. The summed E-state index contributed by atoms with van der Waals surface area (Å²) in [4.78, 5) is 11.3. The van der Waals surface area contributed by atoms with E-state index in [4.69, 9.17) is 0 Å². The second-order valence-electron chi connectivity index (χ2n) is 3.70. The minimum absolute atomic E-state index is 0.0915. The minimum atomic E-state index is -0.316. The second-order valence-corrected chi connectivity index (χ2v) is 4.55. The number of benzene rings is 1. The second kappa shape index (κ2) is 5.84. The van der Waals surface area contributed by atoms with Crippen molar-refractivity contribution < 1.29 is 9.18 Å². The van der Waals surface area contributed by atoms with E-state index in [1.807, 2.05) is 13.8 Å². The molecular formula is C11H14BrFN2O. The summed E-state index contributed by atoms with van der Waals surface area (Å²) < 4.78 is 13.4. The Labute approximate surface area is 103 Å². The highest BCUT2D eigenvalue weighted by molar-refractivity contribution is 9.10. The fraction of sp³-hybridized carbons (Fsp3) is 0.364. The van der Waals surface area contributed by atoms with E-state index in [2.05, 4.69) is 26.6 Å². The fourth-order valence-corrected chi connectivity index (χ4v) is 1.67. The van der Waals surface area contributed by atoms with Crippen LogP contribution in [0.1, 0.15) is 13.8 Å². The molecule has 0 aliphatic rings. The van der Waals surface area contributed by atoms with Gasteiger partial charge in [-0.25, -0.2) is 4.39 Å². The Bertz CT molecular complexity index is 382. The molecular weight excluding hydrogens is 275 g/mol. The maximum absolute atomic E-state index is 12.8. The van der Waals surface area contributed by atoms with E-state index in [0.717, 1.165) is 0 Å². The molecule has 16 heavy (non-hydrogen) atoms. The third-order valence-electron chi connectivity index (χ3n) is 1.82. The SMILES string of the molecule is CC(C)NC(=O)CNc1ccc(F)cc1Br. The number of hydrogen-bond acceptors (Lipinski definition) is 2. The molecule has 0 spiro atoms. The van der Waals surface area contributed by atoms with Crippen molar-refractivity contribution in [3.63, 3.8) is 0 Å². The predicted octanol–water partition coefficient (Wildman–Crippen LogP) is 2.52. The Kier molecular flexibility index (Phi) is 4.73. The van der Waals surface area contributed by atoms with E-state index in [1.54, 1.807) is 6.07 Å². The number of hydrogen-bond donors (Lipinski definition) is 2. The first-order chi connectivity index (χ1) is 7.49. The van der Waals surface area contributed by atoms with Crippen molar-refractivity contribution in [2.45, 2.75) is 19.9 Å². The first-order valence-corrected chi connectivity index (χ1v) is 5.76. The van der Waals surface area contributed by atoms with Crippen LogP contribution in [0.4, 0.5) is 10.1 Å². The summed E-state index contributed by atoms with van der Waals surface area (Å²) in [6.07, 6.45) is 0. The molecule has 0 saturated carbocycles. The lowest BCUT2D eigenvalue weighted by Gasteiger charge is -2.11. The number of anilines is 1. The maximum Gasteiger partial charge on any atom is 0.239 e. The molecule has 2 N–H and O–H groups in total. The van der Waals surface area contributed by atoms with Gasteiger partial charge in [0.2, 0.25) is 5.91 Å². The van der Waals surface area contributed by atoms with Crippen molar-refractivity contribution in [2.75, 3.05) is 11.9 Å². The van der Waals surface area contributed by atoms with Gasteiger partial charge in [-0.15, -0.1) is 0 Å². The number of rotatable bonds is 4. The average Bonchev–Trinajstić information content (AvgIpc) is 2.15. The van der Waals surface area contributed by atoms with Crippen molar-refractivity contribution in [3.8, 4) is 0 Å². The standard InChI is InChI=1S/C11H14BrFN2O/c1-7(2)15-11(16)6-14-10-4-3-8(13)5-9(10)12/h3-5,7,14H,6H2,1-2H3,(H,15,16). The molecule has 1 aromatic carbocycles. The lowest BCUT2D eigenvalue weighted by atomic mass is 10.3. The predicted molar refractivity (Wildman–Crippen MR) is 65.9 cm³/mol. The number of halogens is 2. The van der Waals surface area contributed by atoms with E-state index in [0.29, 0.717) is 10.2 Å². The fourth-order valence-electron chi connectivity index (χ4n) is 1.18. The van der Waals surface area contributed by atoms with Gasteiger partial charge in [0.05, 0.1) is 6.54 Å². The molecule has 3 nitrogen and oxygen atoms in total. The summed E-state index contributed by atoms with van der Waals surface area (Å²) in [5, 5.41) is 5.67. The molecule has 0 atom stereocenters. The average molecular weight is 289 g/mol. The van der Waals surface area contributed by atoms with Crippen LogP contribution in [0.25, 0.3) is 0 Å². The van der Waals surface area contributed by atoms with Gasteiger partial charge in [-0.1, -0.05) is 0 Å². The van der Waals surface area contributed by atoms with E-state index in [1.165, 1.54) is 12.1 Å². The summed E-state index contributed by atoms with van der Waals surface area (Å²) in [6, 6.07) is 4.39. The maximum atomic E-state index is 12.8. The smallest absolute Gasteiger partial charge is 0.239 e. The number of carbonyl (C=O) groups excluding carboxylic acids is 1. The normalized spacial score (nSPS) is 10.3. The highest BCUT2D eigenvalue weighted by Crippen LogP contribution is 2.22. The lowest BCUT2D eigenvalue weighted by molar-refractivity contribution is -0.119. The van der Waals surface area contributed by atoms with Gasteiger partial charge in [0, 0.05) is 16.2 Å². The van der Waals surface area contributed by atoms with Crippen LogP contribution < -0.4 is 10.6 Å². The topological polar surface area (TPSA) is 41.1 Å². The molecule has 0 radical (unpaired) electrons. The summed E-state index contributed by atoms with van der Waals surface area (Å²) in [5.74, 6) is -0.407. The highest BCUT2D eigenvalue weighted by atomic mass is 79.9. The van der Waals surface area contributed by atoms with E-state index >= 15 is 0 Å². The third-order valence-corrected chi connectivity index (χ3v) is 2.48. The van der Waals surface area contributed by atoms with E-state index < -0.39 is 0 Å². The molecule has 5 heteroatoms. The molecule has 0 bridgehead atoms. The van der Waals surface area contributed by atoms with Crippen LogP contribution in [0.3, 0.4) is 0 Å². The van der Waals surface area contributed by atoms with Crippen molar-refractivity contribution in [2.24, 2.45) is 0 Å². The summed E-state index contributed by atoms with van der Waals surface area (Å²) in [6.45, 7) is 3.96. The van der Waals surface area contributed by atoms with E-state index in [-0.39, 0.29) is 24.3 Å². The third kappa shape index (κ3) is 4.18. The molecule has 1 rings (SSSR count). The highest BCUT2D eigenvalue weighted by Gasteiger charge is 2.05. The van der Waals surface area contributed by atoms with Crippen LogP contribution in [-0.4, -0.2) is 18.5 Å². The van der Waals surface area contributed by atoms with Gasteiger partial charge in [-0.05, 0) is 48.0 Å². The minimum Gasteiger partial charge on any atom is -0.375 e. The molecule has 0 aliphatic carbocycles. The zero-order chi connectivity index (χ0) is 12.1. The van der Waals surface area contributed by atoms with Gasteiger partial charge < -0.3 is 10.6 Å². The van der Waals surface area contributed by atoms with Crippen LogP contribution in [-0.2, 0) is 4.79 Å². The Morgan fingerprint density at radius 2 is 2.19 bits per heavy atom. The summed E-state index contributed by atoms with van der Waals surface area (Å²) in [7, 11) is 0. The largest absolute Gasteiger partial charge is 0.375 e. The molecule has 0 fully saturated rings. The van der Waals surface area contributed by atoms with Crippen LogP contribution in [0.5, 0.6) is 0 Å². The van der Waals surface area contributed by atoms with Crippen molar-refractivity contribution in [1.82, 2.24) is 5.32 Å². The molecule has 1 amide bonds. The first kappa shape index (κ1) is 13.0. The molecule has 0 saturated heterocycles. The molecule has 0 aromatic heterocycles. The Hall–Kier alpha value is -1.10. The zero-order valence-electron chi connectivity index (χ0n) is 9.18. The Balaban J connectivity index is 2.51. The van der Waals surface area contributed by atoms with Crippen LogP contribution in [0.15, 0.2) is 22.7 Å². The summed E-state index contributed by atoms with van der Waals surface area (Å²) in [5.41, 5.74) is 0.695. The number of amides is 1. The molecule has 1 aromatic rings. The van der Waals surface area contributed by atoms with Gasteiger partial charge >= 0.3 is 0 Å². The van der Waals surface area contributed by atoms with Crippen molar-refractivity contribution in [1.29, 1.82) is 0 Å².